The molecule has 4 heteroatoms. The lowest BCUT2D eigenvalue weighted by molar-refractivity contribution is -0.00593. The number of benzene rings is 1. The van der Waals surface area contributed by atoms with Gasteiger partial charge in [-0.15, -0.1) is 0 Å². The summed E-state index contributed by atoms with van der Waals surface area (Å²) < 4.78 is 1.17. The van der Waals surface area contributed by atoms with Crippen LogP contribution in [0.4, 0.5) is 0 Å². The fourth-order valence-corrected chi connectivity index (χ4v) is 3.34. The van der Waals surface area contributed by atoms with Gasteiger partial charge in [-0.1, -0.05) is 34.1 Å². The molecule has 0 aromatic heterocycles. The summed E-state index contributed by atoms with van der Waals surface area (Å²) in [5, 5.41) is 13.4. The summed E-state index contributed by atoms with van der Waals surface area (Å²) in [6.45, 7) is 5.02. The molecule has 1 fully saturated rings. The second-order valence-corrected chi connectivity index (χ2v) is 6.84. The lowest BCUT2D eigenvalue weighted by Crippen LogP contribution is -2.43. The van der Waals surface area contributed by atoms with Gasteiger partial charge in [0.25, 0.3) is 0 Å². The average Bonchev–Trinajstić information content (AvgIpc) is 2.43. The van der Waals surface area contributed by atoms with Crippen molar-refractivity contribution in [1.82, 2.24) is 10.2 Å². The molecule has 0 aliphatic carbocycles. The third-order valence-electron chi connectivity index (χ3n) is 4.30. The SMILES string of the molecule is CNC(CCN1CCC(C)(O)CC1)c1ccccc1Br. The number of nitrogens with zero attached hydrogens (tertiary/aromatic N) is 1. The van der Waals surface area contributed by atoms with Gasteiger partial charge in [0, 0.05) is 23.6 Å². The molecule has 112 valence electrons. The number of piperidine rings is 1. The van der Waals surface area contributed by atoms with Crippen molar-refractivity contribution in [1.29, 1.82) is 0 Å². The lowest BCUT2D eigenvalue weighted by atomic mass is 9.93. The first-order chi connectivity index (χ1) is 9.52. The quantitative estimate of drug-likeness (QED) is 0.864. The van der Waals surface area contributed by atoms with Crippen molar-refractivity contribution in [3.8, 4) is 0 Å². The van der Waals surface area contributed by atoms with E-state index < -0.39 is 5.60 Å². The molecule has 0 spiro atoms. The van der Waals surface area contributed by atoms with Crippen molar-refractivity contribution in [2.45, 2.75) is 37.8 Å². The molecule has 0 bridgehead atoms. The highest BCUT2D eigenvalue weighted by atomic mass is 79.9. The zero-order valence-corrected chi connectivity index (χ0v) is 14.0. The van der Waals surface area contributed by atoms with Gasteiger partial charge < -0.3 is 15.3 Å². The number of hydrogen-bond acceptors (Lipinski definition) is 3. The van der Waals surface area contributed by atoms with Crippen LogP contribution in [0.3, 0.4) is 0 Å². The molecular formula is C16H25BrN2O. The first-order valence-electron chi connectivity index (χ1n) is 7.38. The van der Waals surface area contributed by atoms with E-state index in [4.69, 9.17) is 0 Å². The minimum atomic E-state index is -0.457. The fraction of sp³-hybridized carbons (Fsp3) is 0.625. The number of nitrogens with one attached hydrogen (secondary N) is 1. The fourth-order valence-electron chi connectivity index (χ4n) is 2.78. The highest BCUT2D eigenvalue weighted by Gasteiger charge is 2.27. The van der Waals surface area contributed by atoms with Gasteiger partial charge in [-0.2, -0.15) is 0 Å². The maximum absolute atomic E-state index is 9.98. The van der Waals surface area contributed by atoms with Crippen molar-refractivity contribution < 1.29 is 5.11 Å². The predicted octanol–water partition coefficient (Wildman–Crippen LogP) is 2.95. The van der Waals surface area contributed by atoms with Gasteiger partial charge in [0.05, 0.1) is 5.60 Å². The summed E-state index contributed by atoms with van der Waals surface area (Å²) in [5.41, 5.74) is 0.862. The number of likely N-dealkylation sites (tertiary alicyclic amines) is 1. The molecule has 1 aliphatic rings. The summed E-state index contributed by atoms with van der Waals surface area (Å²) in [6.07, 6.45) is 2.85. The summed E-state index contributed by atoms with van der Waals surface area (Å²) in [4.78, 5) is 2.46. The molecule has 2 N–H and O–H groups in total. The van der Waals surface area contributed by atoms with Gasteiger partial charge in [-0.25, -0.2) is 0 Å². The van der Waals surface area contributed by atoms with E-state index in [0.717, 1.165) is 38.9 Å². The summed E-state index contributed by atoms with van der Waals surface area (Å²) in [5.74, 6) is 0. The molecule has 20 heavy (non-hydrogen) atoms. The molecule has 2 rings (SSSR count). The van der Waals surface area contributed by atoms with Crippen molar-refractivity contribution in [3.05, 3.63) is 34.3 Å². The summed E-state index contributed by atoms with van der Waals surface area (Å²) >= 11 is 3.63. The minimum absolute atomic E-state index is 0.369. The number of aliphatic hydroxyl groups is 1. The Morgan fingerprint density at radius 3 is 2.60 bits per heavy atom. The van der Waals surface area contributed by atoms with E-state index in [0.29, 0.717) is 6.04 Å². The number of rotatable bonds is 5. The van der Waals surface area contributed by atoms with E-state index in [9.17, 15) is 5.11 Å². The Bertz CT molecular complexity index is 426. The van der Waals surface area contributed by atoms with Gasteiger partial charge in [-0.3, -0.25) is 0 Å². The van der Waals surface area contributed by atoms with Crippen LogP contribution >= 0.6 is 15.9 Å². The Hall–Kier alpha value is -0.420. The van der Waals surface area contributed by atoms with Gasteiger partial charge in [-0.05, 0) is 51.4 Å². The van der Waals surface area contributed by atoms with Crippen LogP contribution in [0, 0.1) is 0 Å². The Morgan fingerprint density at radius 1 is 1.35 bits per heavy atom. The van der Waals surface area contributed by atoms with Crippen LogP contribution in [0.15, 0.2) is 28.7 Å². The molecule has 1 unspecified atom stereocenters. The monoisotopic (exact) mass is 340 g/mol. The second-order valence-electron chi connectivity index (χ2n) is 5.99. The lowest BCUT2D eigenvalue weighted by Gasteiger charge is -2.36. The van der Waals surface area contributed by atoms with Crippen LogP contribution < -0.4 is 5.32 Å². The molecular weight excluding hydrogens is 316 g/mol. The molecule has 0 saturated carbocycles. The topological polar surface area (TPSA) is 35.5 Å². The minimum Gasteiger partial charge on any atom is -0.390 e. The van der Waals surface area contributed by atoms with Gasteiger partial charge in [0.15, 0.2) is 0 Å². The zero-order valence-electron chi connectivity index (χ0n) is 12.4. The Labute approximate surface area is 130 Å². The molecule has 0 amide bonds. The van der Waals surface area contributed by atoms with Crippen LogP contribution in [-0.2, 0) is 0 Å². The van der Waals surface area contributed by atoms with Crippen LogP contribution in [-0.4, -0.2) is 42.3 Å². The van der Waals surface area contributed by atoms with E-state index in [2.05, 4.69) is 44.3 Å². The third-order valence-corrected chi connectivity index (χ3v) is 5.02. The van der Waals surface area contributed by atoms with Crippen LogP contribution in [0.2, 0.25) is 0 Å². The number of halogens is 1. The predicted molar refractivity (Wildman–Crippen MR) is 86.9 cm³/mol. The van der Waals surface area contributed by atoms with E-state index in [1.165, 1.54) is 10.0 Å². The van der Waals surface area contributed by atoms with E-state index in [-0.39, 0.29) is 0 Å². The van der Waals surface area contributed by atoms with Crippen LogP contribution in [0.25, 0.3) is 0 Å². The second kappa shape index (κ2) is 7.03. The Morgan fingerprint density at radius 2 is 2.00 bits per heavy atom. The molecule has 1 aromatic carbocycles. The highest BCUT2D eigenvalue weighted by molar-refractivity contribution is 9.10. The smallest absolute Gasteiger partial charge is 0.0644 e. The maximum Gasteiger partial charge on any atom is 0.0644 e. The molecule has 1 aromatic rings. The highest BCUT2D eigenvalue weighted by Crippen LogP contribution is 2.26. The van der Waals surface area contributed by atoms with E-state index in [1.54, 1.807) is 0 Å². The van der Waals surface area contributed by atoms with Crippen molar-refractivity contribution >= 4 is 15.9 Å². The molecule has 1 heterocycles. The molecule has 3 nitrogen and oxygen atoms in total. The molecule has 0 radical (unpaired) electrons. The van der Waals surface area contributed by atoms with Crippen molar-refractivity contribution in [3.63, 3.8) is 0 Å². The van der Waals surface area contributed by atoms with Crippen LogP contribution in [0.5, 0.6) is 0 Å². The normalized spacial score (nSPS) is 20.8. The molecule has 1 aliphatic heterocycles. The van der Waals surface area contributed by atoms with Crippen molar-refractivity contribution in [2.24, 2.45) is 0 Å². The Kier molecular flexibility index (Phi) is 5.61. The summed E-state index contributed by atoms with van der Waals surface area (Å²) in [7, 11) is 2.02. The summed E-state index contributed by atoms with van der Waals surface area (Å²) in [6, 6.07) is 8.77. The number of hydrogen-bond donors (Lipinski definition) is 2. The first-order valence-corrected chi connectivity index (χ1v) is 8.17. The average molecular weight is 341 g/mol. The molecule has 1 atom stereocenters. The molecule has 1 saturated heterocycles. The van der Waals surface area contributed by atoms with Gasteiger partial charge >= 0.3 is 0 Å². The largest absolute Gasteiger partial charge is 0.390 e. The van der Waals surface area contributed by atoms with Gasteiger partial charge in [0.1, 0.15) is 0 Å². The van der Waals surface area contributed by atoms with Gasteiger partial charge in [0.2, 0.25) is 0 Å². The zero-order chi connectivity index (χ0) is 14.6. The van der Waals surface area contributed by atoms with E-state index >= 15 is 0 Å². The van der Waals surface area contributed by atoms with Crippen LogP contribution in [0.1, 0.15) is 37.8 Å². The first kappa shape index (κ1) is 16.0. The van der Waals surface area contributed by atoms with E-state index in [1.807, 2.05) is 20.0 Å². The third kappa shape index (κ3) is 4.29. The van der Waals surface area contributed by atoms with Crippen molar-refractivity contribution in [2.75, 3.05) is 26.7 Å². The Balaban J connectivity index is 1.88. The standard InChI is InChI=1S/C16H25BrN2O/c1-16(20)8-11-19(12-9-16)10-7-15(18-2)13-5-3-4-6-14(13)17/h3-6,15,18,20H,7-12H2,1-2H3. The maximum atomic E-state index is 9.98.